The molecule has 0 radical (unpaired) electrons. The van der Waals surface area contributed by atoms with Gasteiger partial charge in [-0.2, -0.15) is 0 Å². The summed E-state index contributed by atoms with van der Waals surface area (Å²) in [6, 6.07) is 19.4. The van der Waals surface area contributed by atoms with Gasteiger partial charge in [0.2, 0.25) is 0 Å². The molecule has 328 valence electrons. The van der Waals surface area contributed by atoms with Gasteiger partial charge in [-0.15, -0.1) is 22.7 Å². The zero-order chi connectivity index (χ0) is 46.6. The number of nitro groups is 2. The number of benzene rings is 2. The minimum atomic E-state index is -0.561. The highest BCUT2D eigenvalue weighted by Crippen LogP contribution is 2.35. The van der Waals surface area contributed by atoms with E-state index in [1.807, 2.05) is 50.6 Å². The van der Waals surface area contributed by atoms with E-state index in [2.05, 4.69) is 56.5 Å². The first kappa shape index (κ1) is 46.6. The van der Waals surface area contributed by atoms with Gasteiger partial charge < -0.3 is 30.1 Å². The molecule has 0 unspecified atom stereocenters. The predicted octanol–water partition coefficient (Wildman–Crippen LogP) is 10.7. The van der Waals surface area contributed by atoms with E-state index in [4.69, 9.17) is 4.74 Å². The predicted molar refractivity (Wildman–Crippen MR) is 250 cm³/mol. The molecule has 0 aliphatic carbocycles. The summed E-state index contributed by atoms with van der Waals surface area (Å²) in [7, 11) is 0. The van der Waals surface area contributed by atoms with Crippen molar-refractivity contribution in [1.82, 2.24) is 29.9 Å². The van der Waals surface area contributed by atoms with Crippen LogP contribution in [0.1, 0.15) is 43.0 Å². The summed E-state index contributed by atoms with van der Waals surface area (Å²) >= 11 is 5.82. The van der Waals surface area contributed by atoms with Crippen molar-refractivity contribution in [3.05, 3.63) is 179 Å². The average Bonchev–Trinajstić information content (AvgIpc) is 3.94. The van der Waals surface area contributed by atoms with Crippen LogP contribution in [0.5, 0.6) is 17.2 Å². The first-order chi connectivity index (χ1) is 31.1. The van der Waals surface area contributed by atoms with Gasteiger partial charge in [0.15, 0.2) is 28.4 Å². The van der Waals surface area contributed by atoms with Crippen molar-refractivity contribution < 1.29 is 29.3 Å². The van der Waals surface area contributed by atoms with Gasteiger partial charge in [-0.05, 0) is 146 Å². The van der Waals surface area contributed by atoms with E-state index in [-0.39, 0.29) is 29.2 Å². The summed E-state index contributed by atoms with van der Waals surface area (Å²) in [6.07, 6.45) is 8.97. The lowest BCUT2D eigenvalue weighted by Gasteiger charge is -2.11. The van der Waals surface area contributed by atoms with Crippen molar-refractivity contribution in [2.24, 2.45) is 0 Å². The van der Waals surface area contributed by atoms with E-state index >= 15 is 0 Å². The van der Waals surface area contributed by atoms with Crippen LogP contribution in [0.3, 0.4) is 0 Å². The largest absolute Gasteiger partial charge is 0.508 e. The normalized spacial score (nSPS) is 10.4. The van der Waals surface area contributed by atoms with Crippen molar-refractivity contribution in [1.29, 1.82) is 0 Å². The molecule has 3 N–H and O–H groups in total. The Labute approximate surface area is 386 Å². The number of aromatic hydroxyl groups is 1. The molecule has 8 aromatic rings. The van der Waals surface area contributed by atoms with Crippen LogP contribution in [0, 0.1) is 47.9 Å². The maximum atomic E-state index is 12.3. The molecule has 0 fully saturated rings. The number of hydrogen-bond acceptors (Lipinski definition) is 16. The fourth-order valence-electron chi connectivity index (χ4n) is 6.12. The molecule has 0 aliphatic rings. The highest BCUT2D eigenvalue weighted by atomic mass is 79.9. The van der Waals surface area contributed by atoms with Crippen LogP contribution in [-0.2, 0) is 0 Å². The van der Waals surface area contributed by atoms with Gasteiger partial charge in [-0.25, -0.2) is 9.97 Å². The Kier molecular flexibility index (Phi) is 15.4. The van der Waals surface area contributed by atoms with Crippen molar-refractivity contribution in [2.75, 3.05) is 10.6 Å². The summed E-state index contributed by atoms with van der Waals surface area (Å²) in [4.78, 5) is 68.3. The number of nitrogens with one attached hydrogen (secondary N) is 2. The van der Waals surface area contributed by atoms with E-state index in [0.717, 1.165) is 49.2 Å². The summed E-state index contributed by atoms with van der Waals surface area (Å²) < 4.78 is 6.54. The minimum Gasteiger partial charge on any atom is -0.508 e. The summed E-state index contributed by atoms with van der Waals surface area (Å²) in [5, 5.41) is 40.8. The number of anilines is 2. The number of rotatable bonds is 10. The van der Waals surface area contributed by atoms with Crippen LogP contribution in [0.2, 0.25) is 0 Å². The molecule has 0 saturated heterocycles. The third kappa shape index (κ3) is 12.6. The Bertz CT molecular complexity index is 2930. The lowest BCUT2D eigenvalue weighted by molar-refractivity contribution is -0.389. The molecule has 0 spiro atoms. The molecule has 0 bridgehead atoms. The molecule has 6 heterocycles. The van der Waals surface area contributed by atoms with Crippen molar-refractivity contribution in [3.8, 4) is 39.8 Å². The maximum Gasteiger partial charge on any atom is 0.363 e. The Morgan fingerprint density at radius 2 is 1.06 bits per heavy atom. The second kappa shape index (κ2) is 21.5. The molecule has 2 aromatic carbocycles. The zero-order valence-electron chi connectivity index (χ0n) is 34.6. The lowest BCUT2D eigenvalue weighted by atomic mass is 10.0. The van der Waals surface area contributed by atoms with E-state index < -0.39 is 9.85 Å². The van der Waals surface area contributed by atoms with E-state index in [0.29, 0.717) is 32.9 Å². The van der Waals surface area contributed by atoms with E-state index in [1.54, 1.807) is 67.3 Å². The highest BCUT2D eigenvalue weighted by Gasteiger charge is 2.17. The number of thiazole rings is 2. The smallest absolute Gasteiger partial charge is 0.363 e. The van der Waals surface area contributed by atoms with Crippen molar-refractivity contribution >= 4 is 72.3 Å². The number of aromatic nitrogens is 6. The molecule has 18 nitrogen and oxygen atoms in total. The van der Waals surface area contributed by atoms with Gasteiger partial charge in [0, 0.05) is 69.9 Å². The molecule has 0 atom stereocenters. The fraction of sp³-hybridized carbons (Fsp3) is 0.0909. The Morgan fingerprint density at radius 3 is 1.46 bits per heavy atom. The number of pyridine rings is 4. The number of phenolic OH excluding ortho intramolecular Hbond substituents is 1. The summed E-state index contributed by atoms with van der Waals surface area (Å²) in [6.45, 7) is 7.74. The topological polar surface area (TPSA) is 251 Å². The lowest BCUT2D eigenvalue weighted by Crippen LogP contribution is -2.11. The molecule has 2 amide bonds. The van der Waals surface area contributed by atoms with Gasteiger partial charge in [-0.3, -0.25) is 30.2 Å². The minimum absolute atomic E-state index is 0.136. The fourth-order valence-corrected chi connectivity index (χ4v) is 7.75. The Hall–Kier alpha value is -7.88. The first-order valence-electron chi connectivity index (χ1n) is 19.0. The SMILES string of the molecule is Cc1cc(O)cc(C)c1-c1csc(NC(=O)c2ccncc2)n1.Cc1cc(Oc2ccc([N+](=O)[O-])nc2)cc(C)c1-c1csc(NC(=O)c2ccncc2)n1.O=[N+]([O-])c1ccc(Br)cn1. The average molecular weight is 976 g/mol. The maximum absolute atomic E-state index is 12.3. The molecule has 8 rings (SSSR count). The molecular weight excluding hydrogens is 941 g/mol. The number of aryl methyl sites for hydroxylation is 4. The second-order valence-corrected chi connectivity index (χ2v) is 16.3. The summed E-state index contributed by atoms with van der Waals surface area (Å²) in [5.74, 6) is 0.385. The van der Waals surface area contributed by atoms with Crippen molar-refractivity contribution in [3.63, 3.8) is 0 Å². The van der Waals surface area contributed by atoms with Gasteiger partial charge in [0.25, 0.3) is 11.8 Å². The molecular formula is C44H35BrN10O8S2. The van der Waals surface area contributed by atoms with Crippen LogP contribution < -0.4 is 15.4 Å². The highest BCUT2D eigenvalue weighted by molar-refractivity contribution is 9.10. The molecule has 0 saturated carbocycles. The number of carbonyl (C=O) groups is 2. The number of hydrogen-bond donors (Lipinski definition) is 3. The van der Waals surface area contributed by atoms with Crippen LogP contribution in [0.25, 0.3) is 22.5 Å². The van der Waals surface area contributed by atoms with Crippen LogP contribution in [0.4, 0.5) is 21.9 Å². The molecule has 21 heteroatoms. The van der Waals surface area contributed by atoms with Gasteiger partial charge in [0.05, 0.1) is 15.9 Å². The zero-order valence-corrected chi connectivity index (χ0v) is 37.8. The summed E-state index contributed by atoms with van der Waals surface area (Å²) in [5.41, 5.74) is 8.26. The van der Waals surface area contributed by atoms with Gasteiger partial charge in [0.1, 0.15) is 11.5 Å². The standard InChI is InChI=1S/C22H17N5O4S.C17H15N3O2S.C5H3BrN2O2/c1-13-9-17(31-16-3-4-19(24-11-16)27(29)30)10-14(2)20(13)18-12-32-22(25-18)26-21(28)15-5-7-23-8-6-15;1-10-7-13(21)8-11(2)15(10)14-9-23-17(19-14)20-16(22)12-3-5-18-6-4-12;6-4-1-2-5(7-3-4)8(9)10/h3-12H,1-2H3,(H,25,26,28);3-9,21H,1-2H3,(H,19,20,22);1-3H. The van der Waals surface area contributed by atoms with Crippen molar-refractivity contribution in [2.45, 2.75) is 27.7 Å². The van der Waals surface area contributed by atoms with Gasteiger partial charge >= 0.3 is 11.6 Å². The van der Waals surface area contributed by atoms with Gasteiger partial charge in [-0.1, -0.05) is 0 Å². The molecule has 0 aliphatic heterocycles. The van der Waals surface area contributed by atoms with Crippen LogP contribution >= 0.6 is 38.6 Å². The Morgan fingerprint density at radius 1 is 0.631 bits per heavy atom. The molecule has 6 aromatic heterocycles. The number of carbonyl (C=O) groups excluding carboxylic acids is 2. The second-order valence-electron chi connectivity index (χ2n) is 13.6. The number of halogens is 1. The first-order valence-corrected chi connectivity index (χ1v) is 21.5. The third-order valence-electron chi connectivity index (χ3n) is 8.91. The monoisotopic (exact) mass is 974 g/mol. The van der Waals surface area contributed by atoms with E-state index in [9.17, 15) is 34.9 Å². The number of nitrogens with zero attached hydrogens (tertiary/aromatic N) is 8. The van der Waals surface area contributed by atoms with Crippen LogP contribution in [0.15, 0.2) is 125 Å². The van der Waals surface area contributed by atoms with E-state index in [1.165, 1.54) is 53.3 Å². The number of amides is 2. The van der Waals surface area contributed by atoms with Crippen LogP contribution in [-0.4, -0.2) is 56.7 Å². The molecule has 65 heavy (non-hydrogen) atoms. The number of ether oxygens (including phenoxy) is 1. The quantitative estimate of drug-likeness (QED) is 0.0852. The Balaban J connectivity index is 0.000000184. The number of phenols is 1. The third-order valence-corrected chi connectivity index (χ3v) is 10.9.